The fraction of sp³-hybridized carbons (Fsp3) is 0.286. The van der Waals surface area contributed by atoms with E-state index in [0.29, 0.717) is 5.69 Å². The molecule has 1 heterocycles. The second-order valence-electron chi connectivity index (χ2n) is 2.25. The van der Waals surface area contributed by atoms with Crippen molar-refractivity contribution in [3.05, 3.63) is 29.8 Å². The van der Waals surface area contributed by atoms with Crippen molar-refractivity contribution in [2.75, 3.05) is 0 Å². The molecule has 0 aliphatic rings. The third kappa shape index (κ3) is 1.96. The maximum Gasteiger partial charge on any atom is 0.141 e. The SMILES string of the molecule is CC(NO)c1ccc(F)cn1. The molecule has 1 unspecified atom stereocenters. The average Bonchev–Trinajstić information content (AvgIpc) is 2.05. The first-order chi connectivity index (χ1) is 5.24. The molecule has 4 heteroatoms. The number of hydrogen-bond acceptors (Lipinski definition) is 3. The van der Waals surface area contributed by atoms with Gasteiger partial charge in [-0.25, -0.2) is 4.39 Å². The topological polar surface area (TPSA) is 45.1 Å². The first kappa shape index (κ1) is 8.10. The third-order valence-electron chi connectivity index (χ3n) is 1.39. The molecule has 0 radical (unpaired) electrons. The van der Waals surface area contributed by atoms with Crippen LogP contribution in [0.1, 0.15) is 18.7 Å². The summed E-state index contributed by atoms with van der Waals surface area (Å²) in [5, 5.41) is 8.47. The van der Waals surface area contributed by atoms with E-state index in [1.165, 1.54) is 12.1 Å². The van der Waals surface area contributed by atoms with Gasteiger partial charge in [-0.15, -0.1) is 0 Å². The van der Waals surface area contributed by atoms with Crippen LogP contribution in [0.5, 0.6) is 0 Å². The van der Waals surface area contributed by atoms with Crippen LogP contribution < -0.4 is 5.48 Å². The lowest BCUT2D eigenvalue weighted by Gasteiger charge is -2.06. The zero-order valence-electron chi connectivity index (χ0n) is 6.08. The van der Waals surface area contributed by atoms with Crippen LogP contribution in [0.4, 0.5) is 4.39 Å². The minimum absolute atomic E-state index is 0.268. The highest BCUT2D eigenvalue weighted by atomic mass is 19.1. The van der Waals surface area contributed by atoms with Crippen LogP contribution in [0.15, 0.2) is 18.3 Å². The van der Waals surface area contributed by atoms with E-state index in [-0.39, 0.29) is 11.9 Å². The average molecular weight is 156 g/mol. The normalized spacial score (nSPS) is 13.0. The number of hydroxylamine groups is 1. The van der Waals surface area contributed by atoms with Crippen molar-refractivity contribution >= 4 is 0 Å². The Labute approximate surface area is 63.8 Å². The molecular formula is C7H9FN2O. The molecular weight excluding hydrogens is 147 g/mol. The van der Waals surface area contributed by atoms with Gasteiger partial charge in [-0.05, 0) is 19.1 Å². The standard InChI is InChI=1S/C7H9FN2O/c1-5(10-11)7-3-2-6(8)4-9-7/h2-5,10-11H,1H3. The fourth-order valence-corrected chi connectivity index (χ4v) is 0.710. The maximum atomic E-state index is 12.3. The van der Waals surface area contributed by atoms with Gasteiger partial charge in [0.15, 0.2) is 0 Å². The molecule has 1 rings (SSSR count). The number of halogens is 1. The molecule has 0 aliphatic heterocycles. The molecule has 3 nitrogen and oxygen atoms in total. The van der Waals surface area contributed by atoms with Gasteiger partial charge in [0.1, 0.15) is 5.82 Å². The summed E-state index contributed by atoms with van der Waals surface area (Å²) in [6.45, 7) is 1.72. The van der Waals surface area contributed by atoms with Crippen molar-refractivity contribution < 1.29 is 9.60 Å². The van der Waals surface area contributed by atoms with E-state index in [1.54, 1.807) is 6.92 Å². The van der Waals surface area contributed by atoms with Crippen LogP contribution in [-0.4, -0.2) is 10.2 Å². The van der Waals surface area contributed by atoms with Crippen LogP contribution in [0.2, 0.25) is 0 Å². The second-order valence-corrected chi connectivity index (χ2v) is 2.25. The molecule has 0 fully saturated rings. The first-order valence-corrected chi connectivity index (χ1v) is 3.25. The molecule has 0 aliphatic carbocycles. The zero-order valence-corrected chi connectivity index (χ0v) is 6.08. The fourth-order valence-electron chi connectivity index (χ4n) is 0.710. The van der Waals surface area contributed by atoms with Crippen LogP contribution in [-0.2, 0) is 0 Å². The smallest absolute Gasteiger partial charge is 0.141 e. The van der Waals surface area contributed by atoms with Crippen molar-refractivity contribution in [2.45, 2.75) is 13.0 Å². The highest BCUT2D eigenvalue weighted by molar-refractivity contribution is 5.08. The Morgan fingerprint density at radius 2 is 2.36 bits per heavy atom. The number of aromatic nitrogens is 1. The van der Waals surface area contributed by atoms with Crippen molar-refractivity contribution in [2.24, 2.45) is 0 Å². The van der Waals surface area contributed by atoms with Gasteiger partial charge in [-0.1, -0.05) is 0 Å². The minimum atomic E-state index is -0.376. The van der Waals surface area contributed by atoms with Crippen molar-refractivity contribution in [1.82, 2.24) is 10.5 Å². The van der Waals surface area contributed by atoms with Gasteiger partial charge in [-0.3, -0.25) is 4.98 Å². The van der Waals surface area contributed by atoms with Crippen LogP contribution in [0, 0.1) is 5.82 Å². The molecule has 1 aromatic rings. The lowest BCUT2D eigenvalue weighted by atomic mass is 10.2. The molecule has 1 atom stereocenters. The molecule has 1 aromatic heterocycles. The van der Waals surface area contributed by atoms with E-state index < -0.39 is 0 Å². The lowest BCUT2D eigenvalue weighted by molar-refractivity contribution is 0.131. The van der Waals surface area contributed by atoms with Gasteiger partial charge < -0.3 is 5.21 Å². The van der Waals surface area contributed by atoms with Crippen molar-refractivity contribution in [3.8, 4) is 0 Å². The summed E-state index contributed by atoms with van der Waals surface area (Å²) in [6, 6.07) is 2.55. The molecule has 60 valence electrons. The number of rotatable bonds is 2. The molecule has 0 aromatic carbocycles. The number of pyridine rings is 1. The van der Waals surface area contributed by atoms with Gasteiger partial charge in [0.05, 0.1) is 17.9 Å². The molecule has 0 saturated carbocycles. The van der Waals surface area contributed by atoms with E-state index in [4.69, 9.17) is 5.21 Å². The van der Waals surface area contributed by atoms with Crippen LogP contribution in [0.3, 0.4) is 0 Å². The summed E-state index contributed by atoms with van der Waals surface area (Å²) in [5.74, 6) is -0.376. The van der Waals surface area contributed by atoms with E-state index in [1.807, 2.05) is 5.48 Å². The molecule has 0 amide bonds. The summed E-state index contributed by atoms with van der Waals surface area (Å²) < 4.78 is 12.3. The highest BCUT2D eigenvalue weighted by Crippen LogP contribution is 2.07. The van der Waals surface area contributed by atoms with Crippen LogP contribution in [0.25, 0.3) is 0 Å². The minimum Gasteiger partial charge on any atom is -0.316 e. The summed E-state index contributed by atoms with van der Waals surface area (Å²) >= 11 is 0. The number of nitrogens with one attached hydrogen (secondary N) is 1. The van der Waals surface area contributed by atoms with Crippen molar-refractivity contribution in [1.29, 1.82) is 0 Å². The predicted octanol–water partition coefficient (Wildman–Crippen LogP) is 1.26. The quantitative estimate of drug-likeness (QED) is 0.633. The summed E-state index contributed by atoms with van der Waals surface area (Å²) in [4.78, 5) is 3.75. The zero-order chi connectivity index (χ0) is 8.27. The summed E-state index contributed by atoms with van der Waals surface area (Å²) in [5.41, 5.74) is 2.62. The Bertz CT molecular complexity index is 224. The molecule has 0 saturated heterocycles. The van der Waals surface area contributed by atoms with E-state index >= 15 is 0 Å². The Balaban J connectivity index is 2.81. The molecule has 0 bridgehead atoms. The monoisotopic (exact) mass is 156 g/mol. The third-order valence-corrected chi connectivity index (χ3v) is 1.39. The Morgan fingerprint density at radius 3 is 2.82 bits per heavy atom. The van der Waals surface area contributed by atoms with Gasteiger partial charge in [-0.2, -0.15) is 5.48 Å². The lowest BCUT2D eigenvalue weighted by Crippen LogP contribution is -2.14. The second kappa shape index (κ2) is 3.41. The molecule has 2 N–H and O–H groups in total. The summed E-state index contributed by atoms with van der Waals surface area (Å²) in [7, 11) is 0. The van der Waals surface area contributed by atoms with Crippen LogP contribution >= 0.6 is 0 Å². The van der Waals surface area contributed by atoms with Gasteiger partial charge >= 0.3 is 0 Å². The van der Waals surface area contributed by atoms with Crippen molar-refractivity contribution in [3.63, 3.8) is 0 Å². The largest absolute Gasteiger partial charge is 0.316 e. The summed E-state index contributed by atoms with van der Waals surface area (Å²) in [6.07, 6.45) is 1.11. The Morgan fingerprint density at radius 1 is 1.64 bits per heavy atom. The van der Waals surface area contributed by atoms with E-state index in [9.17, 15) is 4.39 Å². The van der Waals surface area contributed by atoms with E-state index in [0.717, 1.165) is 6.20 Å². The van der Waals surface area contributed by atoms with E-state index in [2.05, 4.69) is 4.98 Å². The van der Waals surface area contributed by atoms with Gasteiger partial charge in [0, 0.05) is 0 Å². The maximum absolute atomic E-state index is 12.3. The van der Waals surface area contributed by atoms with Gasteiger partial charge in [0.2, 0.25) is 0 Å². The predicted molar refractivity (Wildman–Crippen MR) is 37.5 cm³/mol. The van der Waals surface area contributed by atoms with Gasteiger partial charge in [0.25, 0.3) is 0 Å². The number of nitrogens with zero attached hydrogens (tertiary/aromatic N) is 1. The Hall–Kier alpha value is -1.00. The highest BCUT2D eigenvalue weighted by Gasteiger charge is 2.03. The molecule has 0 spiro atoms. The molecule has 11 heavy (non-hydrogen) atoms. The number of hydrogen-bond donors (Lipinski definition) is 2. The Kier molecular flexibility index (Phi) is 2.51. The first-order valence-electron chi connectivity index (χ1n) is 3.25.